The van der Waals surface area contributed by atoms with Crippen LogP contribution in [0.25, 0.3) is 33.2 Å². The standard InChI is InChI=1S/C48H64N10O2S/c1-34(2)22-27-49-24-11-29-57-41-17-7-6-16-39(41)53-45(57)32-56(4)44-19-9-15-38-37(23-28-51-48(38)44)36-20-21-42-40(31-36)54-46(58(42)30-12-26-52-61(5,59)60)33-55(3)43-18-8-13-35-14-10-25-50-47(35)43/h6-7,10,14,16-17,20-21,23,25,28,31,34,43-44,49,52H,8-9,11-13,15,18-19,22,24,26-27,29-30,32-33H2,1-5H3. The van der Waals surface area contributed by atoms with Crippen LogP contribution in [0.15, 0.2) is 73.1 Å². The van der Waals surface area contributed by atoms with Crippen molar-refractivity contribution in [1.82, 2.24) is 48.9 Å². The van der Waals surface area contributed by atoms with Crippen molar-refractivity contribution in [1.29, 1.82) is 0 Å². The van der Waals surface area contributed by atoms with Crippen LogP contribution in [-0.2, 0) is 49.0 Å². The van der Waals surface area contributed by atoms with Crippen molar-refractivity contribution in [2.45, 2.75) is 110 Å². The molecule has 2 aliphatic carbocycles. The molecule has 2 aromatic carbocycles. The molecule has 4 aromatic heterocycles. The maximum atomic E-state index is 11.9. The van der Waals surface area contributed by atoms with Gasteiger partial charge >= 0.3 is 0 Å². The molecule has 0 spiro atoms. The fourth-order valence-electron chi connectivity index (χ4n) is 9.63. The molecular weight excluding hydrogens is 781 g/mol. The normalized spacial score (nSPS) is 16.9. The van der Waals surface area contributed by atoms with Gasteiger partial charge in [0.2, 0.25) is 10.0 Å². The Labute approximate surface area is 362 Å². The van der Waals surface area contributed by atoms with E-state index in [-0.39, 0.29) is 12.1 Å². The van der Waals surface area contributed by atoms with E-state index in [0.717, 1.165) is 111 Å². The van der Waals surface area contributed by atoms with E-state index in [0.29, 0.717) is 32.0 Å². The Balaban J connectivity index is 1.04. The molecule has 4 heterocycles. The minimum atomic E-state index is -3.27. The summed E-state index contributed by atoms with van der Waals surface area (Å²) < 4.78 is 31.1. The number of nitrogens with one attached hydrogen (secondary N) is 2. The topological polar surface area (TPSA) is 126 Å². The van der Waals surface area contributed by atoms with Crippen molar-refractivity contribution in [3.63, 3.8) is 0 Å². The molecule has 0 radical (unpaired) electrons. The van der Waals surface area contributed by atoms with Crippen LogP contribution in [-0.4, -0.2) is 87.3 Å². The maximum absolute atomic E-state index is 11.9. The lowest BCUT2D eigenvalue weighted by Gasteiger charge is -2.33. The van der Waals surface area contributed by atoms with Gasteiger partial charge in [-0.15, -0.1) is 0 Å². The number of fused-ring (bicyclic) bond motifs is 4. The van der Waals surface area contributed by atoms with Crippen LogP contribution in [0.1, 0.15) is 105 Å². The second-order valence-corrected chi connectivity index (χ2v) is 19.6. The number of sulfonamides is 1. The summed E-state index contributed by atoms with van der Waals surface area (Å²) in [6.45, 7) is 9.98. The molecule has 0 aliphatic heterocycles. The van der Waals surface area contributed by atoms with Crippen molar-refractivity contribution < 1.29 is 8.42 Å². The second kappa shape index (κ2) is 19.2. The summed E-state index contributed by atoms with van der Waals surface area (Å²) in [6, 6.07) is 22.0. The fourth-order valence-corrected chi connectivity index (χ4v) is 10.1. The molecule has 0 saturated carbocycles. The first-order valence-electron chi connectivity index (χ1n) is 22.4. The molecule has 2 aliphatic rings. The van der Waals surface area contributed by atoms with Gasteiger partial charge in [-0.3, -0.25) is 19.8 Å². The van der Waals surface area contributed by atoms with Crippen LogP contribution in [0.3, 0.4) is 0 Å². The predicted molar refractivity (Wildman–Crippen MR) is 246 cm³/mol. The average Bonchev–Trinajstić information content (AvgIpc) is 3.78. The molecule has 0 saturated heterocycles. The first kappa shape index (κ1) is 43.1. The Morgan fingerprint density at radius 1 is 0.754 bits per heavy atom. The van der Waals surface area contributed by atoms with Gasteiger partial charge in [-0.05, 0) is 150 Å². The largest absolute Gasteiger partial charge is 0.327 e. The lowest BCUT2D eigenvalue weighted by Crippen LogP contribution is -2.30. The summed E-state index contributed by atoms with van der Waals surface area (Å²) in [6.07, 6.45) is 14.4. The molecule has 6 aromatic rings. The summed E-state index contributed by atoms with van der Waals surface area (Å²) >= 11 is 0. The van der Waals surface area contributed by atoms with Crippen molar-refractivity contribution in [2.75, 3.05) is 40.0 Å². The van der Waals surface area contributed by atoms with Crippen molar-refractivity contribution >= 4 is 32.1 Å². The first-order valence-corrected chi connectivity index (χ1v) is 24.3. The first-order chi connectivity index (χ1) is 29.5. The van der Waals surface area contributed by atoms with Gasteiger partial charge in [-0.1, -0.05) is 38.1 Å². The molecule has 2 unspecified atom stereocenters. The molecule has 13 heteroatoms. The Morgan fingerprint density at radius 3 is 2.18 bits per heavy atom. The van der Waals surface area contributed by atoms with Gasteiger partial charge < -0.3 is 14.5 Å². The minimum Gasteiger partial charge on any atom is -0.327 e. The van der Waals surface area contributed by atoms with Gasteiger partial charge in [0.25, 0.3) is 0 Å². The third kappa shape index (κ3) is 10.1. The van der Waals surface area contributed by atoms with E-state index < -0.39 is 10.0 Å². The van der Waals surface area contributed by atoms with Crippen LogP contribution in [0, 0.1) is 5.92 Å². The number of nitrogens with zero attached hydrogens (tertiary/aromatic N) is 8. The predicted octanol–water partition coefficient (Wildman–Crippen LogP) is 7.83. The van der Waals surface area contributed by atoms with E-state index in [1.165, 1.54) is 40.6 Å². The summed E-state index contributed by atoms with van der Waals surface area (Å²) in [5.41, 5.74) is 11.6. The molecular formula is C48H64N10O2S. The number of aryl methyl sites for hydroxylation is 3. The van der Waals surface area contributed by atoms with E-state index in [2.05, 4.69) is 112 Å². The average molecular weight is 845 g/mol. The summed E-state index contributed by atoms with van der Waals surface area (Å²) in [5.74, 6) is 2.79. The number of rotatable bonds is 19. The SMILES string of the molecule is CC(C)CCNCCCn1c(CN(C)C2CCCc3c(-c4ccc5c(c4)nc(CN(C)C4CCCc6cccnc64)n5CCCNS(C)(=O)=O)ccnc32)nc2ccccc21. The van der Waals surface area contributed by atoms with Crippen molar-refractivity contribution in [2.24, 2.45) is 5.92 Å². The third-order valence-corrected chi connectivity index (χ3v) is 13.5. The number of pyridine rings is 2. The van der Waals surface area contributed by atoms with Crippen LogP contribution < -0.4 is 10.0 Å². The van der Waals surface area contributed by atoms with E-state index in [1.807, 2.05) is 18.5 Å². The monoisotopic (exact) mass is 844 g/mol. The molecule has 8 rings (SSSR count). The van der Waals surface area contributed by atoms with Gasteiger partial charge in [0.05, 0.1) is 64.9 Å². The fraction of sp³-hybridized carbons (Fsp3) is 0.500. The number of aromatic nitrogens is 6. The van der Waals surface area contributed by atoms with Crippen LogP contribution >= 0.6 is 0 Å². The van der Waals surface area contributed by atoms with Gasteiger partial charge in [-0.25, -0.2) is 23.1 Å². The zero-order chi connectivity index (χ0) is 42.5. The number of hydrogen-bond acceptors (Lipinski definition) is 9. The van der Waals surface area contributed by atoms with Crippen LogP contribution in [0.4, 0.5) is 0 Å². The van der Waals surface area contributed by atoms with Crippen molar-refractivity contribution in [3.8, 4) is 11.1 Å². The molecule has 0 amide bonds. The number of hydrogen-bond donors (Lipinski definition) is 2. The summed E-state index contributed by atoms with van der Waals surface area (Å²) in [5, 5.41) is 3.64. The van der Waals surface area contributed by atoms with E-state index in [9.17, 15) is 8.42 Å². The highest BCUT2D eigenvalue weighted by Gasteiger charge is 2.30. The van der Waals surface area contributed by atoms with E-state index in [4.69, 9.17) is 19.9 Å². The van der Waals surface area contributed by atoms with Gasteiger partial charge in [0.15, 0.2) is 0 Å². The lowest BCUT2D eigenvalue weighted by atomic mass is 9.86. The zero-order valence-electron chi connectivity index (χ0n) is 36.8. The Morgan fingerprint density at radius 2 is 1.43 bits per heavy atom. The van der Waals surface area contributed by atoms with Crippen LogP contribution in [0.2, 0.25) is 0 Å². The highest BCUT2D eigenvalue weighted by molar-refractivity contribution is 7.88. The molecule has 2 N–H and O–H groups in total. The molecule has 61 heavy (non-hydrogen) atoms. The molecule has 0 bridgehead atoms. The smallest absolute Gasteiger partial charge is 0.208 e. The summed E-state index contributed by atoms with van der Waals surface area (Å²) in [7, 11) is 1.14. The van der Waals surface area contributed by atoms with Crippen LogP contribution in [0.5, 0.6) is 0 Å². The van der Waals surface area contributed by atoms with E-state index >= 15 is 0 Å². The highest BCUT2D eigenvalue weighted by Crippen LogP contribution is 2.39. The molecule has 12 nitrogen and oxygen atoms in total. The second-order valence-electron chi connectivity index (χ2n) is 17.8. The molecule has 324 valence electrons. The Kier molecular flexibility index (Phi) is 13.6. The maximum Gasteiger partial charge on any atom is 0.208 e. The third-order valence-electron chi connectivity index (χ3n) is 12.7. The summed E-state index contributed by atoms with van der Waals surface area (Å²) in [4.78, 5) is 25.2. The lowest BCUT2D eigenvalue weighted by molar-refractivity contribution is 0.201. The highest BCUT2D eigenvalue weighted by atomic mass is 32.2. The van der Waals surface area contributed by atoms with Gasteiger partial charge in [-0.2, -0.15) is 0 Å². The number of para-hydroxylation sites is 2. The minimum absolute atomic E-state index is 0.180. The quantitative estimate of drug-likeness (QED) is 0.0786. The number of imidazole rings is 2. The molecule has 2 atom stereocenters. The van der Waals surface area contributed by atoms with Crippen molar-refractivity contribution in [3.05, 3.63) is 107 Å². The number of benzene rings is 2. The van der Waals surface area contributed by atoms with E-state index in [1.54, 1.807) is 0 Å². The van der Waals surface area contributed by atoms with Gasteiger partial charge in [0.1, 0.15) is 11.6 Å². The Hall–Kier alpha value is -4.53. The van der Waals surface area contributed by atoms with Gasteiger partial charge in [0, 0.05) is 32.0 Å². The Bertz CT molecular complexity index is 2550. The zero-order valence-corrected chi connectivity index (χ0v) is 37.6. The molecule has 0 fully saturated rings.